The Morgan fingerprint density at radius 3 is 2.33 bits per heavy atom. The molecule has 2 atom stereocenters. The van der Waals surface area contributed by atoms with Crippen molar-refractivity contribution in [1.82, 2.24) is 9.03 Å². The lowest BCUT2D eigenvalue weighted by Crippen LogP contribution is -2.55. The highest BCUT2D eigenvalue weighted by atomic mass is 32.2. The van der Waals surface area contributed by atoms with Crippen molar-refractivity contribution in [2.75, 3.05) is 19.8 Å². The van der Waals surface area contributed by atoms with Crippen LogP contribution < -0.4 is 4.72 Å². The highest BCUT2D eigenvalue weighted by molar-refractivity contribution is 7.87. The maximum absolute atomic E-state index is 11.9. The van der Waals surface area contributed by atoms with Gasteiger partial charge in [0.05, 0.1) is 13.2 Å². The summed E-state index contributed by atoms with van der Waals surface area (Å²) < 4.78 is 33.2. The van der Waals surface area contributed by atoms with Crippen molar-refractivity contribution in [2.24, 2.45) is 0 Å². The average molecular weight is 236 g/mol. The molecule has 0 aromatic carbocycles. The van der Waals surface area contributed by atoms with Crippen LogP contribution in [0.15, 0.2) is 0 Å². The second kappa shape index (κ2) is 5.25. The average Bonchev–Trinajstić information content (AvgIpc) is 2.14. The normalized spacial score (nSPS) is 29.3. The Bertz CT molecular complexity index is 282. The highest BCUT2D eigenvalue weighted by Crippen LogP contribution is 2.16. The van der Waals surface area contributed by atoms with Gasteiger partial charge in [0.1, 0.15) is 0 Å². The van der Waals surface area contributed by atoms with Gasteiger partial charge in [-0.05, 0) is 20.3 Å². The maximum Gasteiger partial charge on any atom is 0.280 e. The molecule has 1 rings (SSSR count). The van der Waals surface area contributed by atoms with E-state index < -0.39 is 10.2 Å². The Labute approximate surface area is 92.0 Å². The molecule has 1 fully saturated rings. The maximum atomic E-state index is 11.9. The van der Waals surface area contributed by atoms with Gasteiger partial charge >= 0.3 is 0 Å². The fourth-order valence-corrected chi connectivity index (χ4v) is 3.45. The molecule has 0 saturated carbocycles. The van der Waals surface area contributed by atoms with Crippen molar-refractivity contribution >= 4 is 10.2 Å². The molecular formula is C9H20N2O3S. The summed E-state index contributed by atoms with van der Waals surface area (Å²) in [6, 6.07) is -0.189. The van der Waals surface area contributed by atoms with Crippen LogP contribution in [0.5, 0.6) is 0 Å². The molecule has 0 aromatic heterocycles. The van der Waals surface area contributed by atoms with E-state index in [2.05, 4.69) is 4.72 Å². The molecule has 0 spiro atoms. The van der Waals surface area contributed by atoms with E-state index >= 15 is 0 Å². The van der Waals surface area contributed by atoms with Crippen molar-refractivity contribution in [3.63, 3.8) is 0 Å². The first kappa shape index (κ1) is 12.9. The first-order chi connectivity index (χ1) is 6.99. The quantitative estimate of drug-likeness (QED) is 0.766. The monoisotopic (exact) mass is 236 g/mol. The summed E-state index contributed by atoms with van der Waals surface area (Å²) in [5, 5.41) is 0. The summed E-state index contributed by atoms with van der Waals surface area (Å²) in [7, 11) is -3.34. The van der Waals surface area contributed by atoms with Gasteiger partial charge in [0.25, 0.3) is 10.2 Å². The van der Waals surface area contributed by atoms with Gasteiger partial charge in [-0.3, -0.25) is 0 Å². The Hall–Kier alpha value is -0.170. The van der Waals surface area contributed by atoms with Gasteiger partial charge in [-0.1, -0.05) is 6.92 Å². The predicted molar refractivity (Wildman–Crippen MR) is 58.8 cm³/mol. The standard InChI is InChI=1S/C9H20N2O3S/c1-4-5-10-15(12,13)11-8(2)6-14-7-9(11)3/h8-10H,4-7H2,1-3H3. The second-order valence-corrected chi connectivity index (χ2v) is 5.63. The van der Waals surface area contributed by atoms with E-state index in [-0.39, 0.29) is 12.1 Å². The zero-order chi connectivity index (χ0) is 11.5. The molecule has 1 saturated heterocycles. The fourth-order valence-electron chi connectivity index (χ4n) is 1.77. The van der Waals surface area contributed by atoms with Gasteiger partial charge in [-0.2, -0.15) is 12.7 Å². The molecule has 2 unspecified atom stereocenters. The lowest BCUT2D eigenvalue weighted by molar-refractivity contribution is 0.00578. The van der Waals surface area contributed by atoms with Crippen molar-refractivity contribution in [3.05, 3.63) is 0 Å². The molecule has 15 heavy (non-hydrogen) atoms. The van der Waals surface area contributed by atoms with Crippen molar-refractivity contribution in [1.29, 1.82) is 0 Å². The first-order valence-corrected chi connectivity index (χ1v) is 6.79. The largest absolute Gasteiger partial charge is 0.378 e. The van der Waals surface area contributed by atoms with E-state index in [1.165, 1.54) is 4.31 Å². The Morgan fingerprint density at radius 1 is 1.33 bits per heavy atom. The third-order valence-corrected chi connectivity index (χ3v) is 4.24. The van der Waals surface area contributed by atoms with Crippen LogP contribution in [-0.2, 0) is 14.9 Å². The minimum absolute atomic E-state index is 0.0943. The van der Waals surface area contributed by atoms with Crippen molar-refractivity contribution in [2.45, 2.75) is 39.3 Å². The first-order valence-electron chi connectivity index (χ1n) is 5.35. The number of hydrogen-bond acceptors (Lipinski definition) is 3. The number of rotatable bonds is 4. The molecule has 0 amide bonds. The molecule has 90 valence electrons. The zero-order valence-electron chi connectivity index (χ0n) is 9.56. The third-order valence-electron chi connectivity index (χ3n) is 2.40. The SMILES string of the molecule is CCCNS(=O)(=O)N1C(C)COCC1C. The summed E-state index contributed by atoms with van der Waals surface area (Å²) in [5.74, 6) is 0. The minimum Gasteiger partial charge on any atom is -0.378 e. The molecule has 0 aromatic rings. The number of hydrogen-bond donors (Lipinski definition) is 1. The van der Waals surface area contributed by atoms with Crippen molar-refractivity contribution in [3.8, 4) is 0 Å². The number of ether oxygens (including phenoxy) is 1. The van der Waals surface area contributed by atoms with Crippen LogP contribution >= 0.6 is 0 Å². The number of morpholine rings is 1. The van der Waals surface area contributed by atoms with E-state index in [0.717, 1.165) is 6.42 Å². The van der Waals surface area contributed by atoms with Gasteiger partial charge in [0.15, 0.2) is 0 Å². The lowest BCUT2D eigenvalue weighted by atomic mass is 10.2. The van der Waals surface area contributed by atoms with Gasteiger partial charge in [-0.25, -0.2) is 4.72 Å². The van der Waals surface area contributed by atoms with E-state index in [1.807, 2.05) is 20.8 Å². The Kier molecular flexibility index (Phi) is 4.51. The Balaban J connectivity index is 2.74. The molecule has 6 heteroatoms. The van der Waals surface area contributed by atoms with Crippen LogP contribution in [0, 0.1) is 0 Å². The molecule has 0 aliphatic carbocycles. The van der Waals surface area contributed by atoms with Crippen molar-refractivity contribution < 1.29 is 13.2 Å². The summed E-state index contributed by atoms with van der Waals surface area (Å²) >= 11 is 0. The van der Waals surface area contributed by atoms with Crippen LogP contribution in [0.3, 0.4) is 0 Å². The van der Waals surface area contributed by atoms with Crippen LogP contribution in [0.1, 0.15) is 27.2 Å². The smallest absolute Gasteiger partial charge is 0.280 e. The second-order valence-electron chi connectivity index (χ2n) is 3.96. The molecule has 1 heterocycles. The summed E-state index contributed by atoms with van der Waals surface area (Å²) in [6.07, 6.45) is 0.798. The van der Waals surface area contributed by atoms with Gasteiger partial charge in [0, 0.05) is 18.6 Å². The Morgan fingerprint density at radius 2 is 1.87 bits per heavy atom. The van der Waals surface area contributed by atoms with E-state index in [4.69, 9.17) is 4.74 Å². The molecule has 0 radical (unpaired) electrons. The summed E-state index contributed by atoms with van der Waals surface area (Å²) in [6.45, 7) is 7.09. The highest BCUT2D eigenvalue weighted by Gasteiger charge is 2.34. The number of nitrogens with zero attached hydrogens (tertiary/aromatic N) is 1. The van der Waals surface area contributed by atoms with Gasteiger partial charge in [0.2, 0.25) is 0 Å². The van der Waals surface area contributed by atoms with Crippen LogP contribution in [0.2, 0.25) is 0 Å². The summed E-state index contributed by atoms with van der Waals surface area (Å²) in [4.78, 5) is 0. The third kappa shape index (κ3) is 3.14. The molecule has 0 bridgehead atoms. The molecule has 1 N–H and O–H groups in total. The fraction of sp³-hybridized carbons (Fsp3) is 1.00. The van der Waals surface area contributed by atoms with Gasteiger partial charge in [-0.15, -0.1) is 0 Å². The molecular weight excluding hydrogens is 216 g/mol. The zero-order valence-corrected chi connectivity index (χ0v) is 10.4. The van der Waals surface area contributed by atoms with Crippen LogP contribution in [-0.4, -0.2) is 44.6 Å². The summed E-state index contributed by atoms with van der Waals surface area (Å²) in [5.41, 5.74) is 0. The van der Waals surface area contributed by atoms with E-state index in [0.29, 0.717) is 19.8 Å². The minimum atomic E-state index is -3.34. The molecule has 5 nitrogen and oxygen atoms in total. The predicted octanol–water partition coefficient (Wildman–Crippen LogP) is 0.340. The van der Waals surface area contributed by atoms with E-state index in [9.17, 15) is 8.42 Å². The van der Waals surface area contributed by atoms with Crippen LogP contribution in [0.4, 0.5) is 0 Å². The van der Waals surface area contributed by atoms with Gasteiger partial charge < -0.3 is 4.74 Å². The molecule has 1 aliphatic rings. The van der Waals surface area contributed by atoms with E-state index in [1.54, 1.807) is 0 Å². The number of nitrogens with one attached hydrogen (secondary N) is 1. The molecule has 1 aliphatic heterocycles. The van der Waals surface area contributed by atoms with Crippen LogP contribution in [0.25, 0.3) is 0 Å². The topological polar surface area (TPSA) is 58.6 Å². The lowest BCUT2D eigenvalue weighted by Gasteiger charge is -2.37.